The Morgan fingerprint density at radius 2 is 1.17 bits per heavy atom. The molecule has 0 rings (SSSR count). The molecule has 0 amide bonds. The molecule has 0 aliphatic rings. The van der Waals surface area contributed by atoms with Crippen LogP contribution in [-0.4, -0.2) is 21.1 Å². The zero-order chi connectivity index (χ0) is 9.28. The van der Waals surface area contributed by atoms with Crippen molar-refractivity contribution >= 4 is 25.0 Å². The van der Waals surface area contributed by atoms with Crippen LogP contribution in [0.25, 0.3) is 0 Å². The van der Waals surface area contributed by atoms with Crippen molar-refractivity contribution in [1.29, 1.82) is 0 Å². The van der Waals surface area contributed by atoms with Gasteiger partial charge in [-0.2, -0.15) is 0 Å². The van der Waals surface area contributed by atoms with Gasteiger partial charge in [0.2, 0.25) is 0 Å². The van der Waals surface area contributed by atoms with E-state index in [2.05, 4.69) is 39.3 Å². The van der Waals surface area contributed by atoms with Crippen LogP contribution in [0.2, 0.25) is 39.3 Å². The minimum Gasteiger partial charge on any atom is -0.467 e. The summed E-state index contributed by atoms with van der Waals surface area (Å²) in [5.74, 6) is 0. The number of halogens is 1. The second-order valence-electron chi connectivity index (χ2n) is 5.23. The maximum absolute atomic E-state index is 12.7. The molecule has 0 saturated heterocycles. The normalized spacial score (nSPS) is 14.0. The van der Waals surface area contributed by atoms with E-state index in [0.29, 0.717) is 4.91 Å². The van der Waals surface area contributed by atoms with Gasteiger partial charge in [0.05, 0.1) is 0 Å². The van der Waals surface area contributed by atoms with Gasteiger partial charge in [-0.15, -0.1) is 4.91 Å². The van der Waals surface area contributed by atoms with E-state index >= 15 is 0 Å². The molecular weight excluding hydrogens is 197 g/mol. The van der Waals surface area contributed by atoms with Gasteiger partial charge < -0.3 is 13.1 Å². The van der Waals surface area contributed by atoms with Crippen LogP contribution in [0.4, 0.5) is 4.20 Å². The van der Waals surface area contributed by atoms with Crippen molar-refractivity contribution in [2.45, 2.75) is 44.2 Å². The van der Waals surface area contributed by atoms with Gasteiger partial charge in [-0.1, -0.05) is 39.3 Å². The predicted molar refractivity (Wildman–Crippen MR) is 58.5 cm³/mol. The molecule has 0 unspecified atom stereocenters. The Morgan fingerprint density at radius 1 is 0.917 bits per heavy atom. The van der Waals surface area contributed by atoms with Crippen LogP contribution in [0.1, 0.15) is 0 Å². The molecule has 0 aromatic carbocycles. The Hall–Kier alpha value is 1.39. The van der Waals surface area contributed by atoms with Crippen LogP contribution in [0, 0.1) is 0 Å². The Labute approximate surface area is 92.2 Å². The Morgan fingerprint density at radius 3 is 1.17 bits per heavy atom. The molecule has 5 heteroatoms. The molecule has 0 saturated carbocycles. The van der Waals surface area contributed by atoms with Crippen molar-refractivity contribution in [3.05, 3.63) is 0 Å². The molecule has 0 N–H and O–H groups in total. The van der Waals surface area contributed by atoms with Gasteiger partial charge in [0.1, 0.15) is 0 Å². The van der Waals surface area contributed by atoms with Crippen molar-refractivity contribution in [2.75, 3.05) is 0 Å². The summed E-state index contributed by atoms with van der Waals surface area (Å²) in [6, 6.07) is 0. The van der Waals surface area contributed by atoms with E-state index in [-0.39, 0.29) is 27.8 Å². The van der Waals surface area contributed by atoms with Gasteiger partial charge in [0.15, 0.2) is 0 Å². The summed E-state index contributed by atoms with van der Waals surface area (Å²) < 4.78 is 12.7. The van der Waals surface area contributed by atoms with Crippen molar-refractivity contribution < 1.29 is 23.1 Å². The first kappa shape index (κ1) is 15.8. The van der Waals surface area contributed by atoms with Gasteiger partial charge >= 0.3 is 18.9 Å². The third kappa shape index (κ3) is 5.19. The number of rotatable bonds is 3. The largest absolute Gasteiger partial charge is 1.00 e. The van der Waals surface area contributed by atoms with Crippen LogP contribution in [0.5, 0.6) is 0 Å². The van der Waals surface area contributed by atoms with Crippen LogP contribution in [0.15, 0.2) is 0 Å². The first-order valence-corrected chi connectivity index (χ1v) is 12.0. The second kappa shape index (κ2) is 5.32. The Kier molecular flexibility index (Phi) is 7.02. The van der Waals surface area contributed by atoms with E-state index in [4.69, 9.17) is 0 Å². The Balaban J connectivity index is 0. The van der Waals surface area contributed by atoms with E-state index in [9.17, 15) is 4.20 Å². The molecule has 0 atom stereocenters. The molecule has 0 aliphatic heterocycles. The zero-order valence-electron chi connectivity index (χ0n) is 9.40. The molecule has 0 aromatic heterocycles. The first-order valence-electron chi connectivity index (χ1n) is 4.00. The SMILES string of the molecule is C[Si](C)(C)C([P-]F)[Si](C)(C)C.[Li+]. The molecule has 0 aliphatic carbocycles. The van der Waals surface area contributed by atoms with E-state index < -0.39 is 16.1 Å². The van der Waals surface area contributed by atoms with E-state index in [1.54, 1.807) is 0 Å². The van der Waals surface area contributed by atoms with Crippen molar-refractivity contribution in [3.63, 3.8) is 0 Å². The third-order valence-corrected chi connectivity index (χ3v) is 15.6. The summed E-state index contributed by atoms with van der Waals surface area (Å²) in [6.45, 7) is 13.6. The van der Waals surface area contributed by atoms with Crippen LogP contribution in [-0.2, 0) is 0 Å². The van der Waals surface area contributed by atoms with Crippen molar-refractivity contribution in [2.24, 2.45) is 0 Å². The topological polar surface area (TPSA) is 0 Å². The standard InChI is InChI=1S/C7H19FPSi2.Li/c1-10(2,3)7(9-8)11(4,5)6;/h7H,1-6H3;/q-1;+1. The molecule has 0 fully saturated rings. The summed E-state index contributed by atoms with van der Waals surface area (Å²) in [5.41, 5.74) is 0. The predicted octanol–water partition coefficient (Wildman–Crippen LogP) is 0.944. The smallest absolute Gasteiger partial charge is 0.467 e. The fraction of sp³-hybridized carbons (Fsp3) is 1.00. The molecular formula is C7H19FLiPSi2. The molecule has 0 radical (unpaired) electrons. The van der Waals surface area contributed by atoms with Gasteiger partial charge in [-0.05, 0) is 0 Å². The maximum atomic E-state index is 12.7. The van der Waals surface area contributed by atoms with Crippen LogP contribution in [0.3, 0.4) is 0 Å². The monoisotopic (exact) mass is 216 g/mol. The number of hydrogen-bond acceptors (Lipinski definition) is 0. The zero-order valence-corrected chi connectivity index (χ0v) is 12.3. The molecule has 12 heavy (non-hydrogen) atoms. The maximum Gasteiger partial charge on any atom is 1.00 e. The summed E-state index contributed by atoms with van der Waals surface area (Å²) in [7, 11) is -2.35. The average molecular weight is 216 g/mol. The molecule has 0 spiro atoms. The van der Waals surface area contributed by atoms with E-state index in [1.807, 2.05) is 0 Å². The molecule has 68 valence electrons. The molecule has 0 bridgehead atoms. The van der Waals surface area contributed by atoms with Gasteiger partial charge in [-0.3, -0.25) is 0 Å². The number of hydrogen-bond donors (Lipinski definition) is 0. The molecule has 0 aromatic rings. The van der Waals surface area contributed by atoms with Crippen LogP contribution >= 0.6 is 8.89 Å². The summed E-state index contributed by atoms with van der Waals surface area (Å²) >= 11 is 0. The van der Waals surface area contributed by atoms with Crippen molar-refractivity contribution in [3.8, 4) is 0 Å². The van der Waals surface area contributed by atoms with Crippen LogP contribution < -0.4 is 18.9 Å². The summed E-state index contributed by atoms with van der Waals surface area (Å²) in [5, 5.41) is 0. The third-order valence-electron chi connectivity index (χ3n) is 1.74. The molecule has 0 heterocycles. The fourth-order valence-electron chi connectivity index (χ4n) is 1.59. The van der Waals surface area contributed by atoms with Gasteiger partial charge in [0, 0.05) is 16.1 Å². The quantitative estimate of drug-likeness (QED) is 0.486. The Bertz CT molecular complexity index is 116. The summed E-state index contributed by atoms with van der Waals surface area (Å²) in [4.78, 5) is 0.398. The second-order valence-corrected chi connectivity index (χ2v) is 18.1. The minimum atomic E-state index is -1.25. The van der Waals surface area contributed by atoms with E-state index in [0.717, 1.165) is 0 Å². The minimum absolute atomic E-state index is 0. The van der Waals surface area contributed by atoms with Gasteiger partial charge in [-0.25, -0.2) is 0 Å². The fourth-order valence-corrected chi connectivity index (χ4v) is 14.3. The summed E-state index contributed by atoms with van der Waals surface area (Å²) in [6.07, 6.45) is 0. The molecule has 0 nitrogen and oxygen atoms in total. The average Bonchev–Trinajstić information content (AvgIpc) is 1.56. The first-order chi connectivity index (χ1) is 4.69. The van der Waals surface area contributed by atoms with Crippen molar-refractivity contribution in [1.82, 2.24) is 0 Å². The van der Waals surface area contributed by atoms with Gasteiger partial charge in [0.25, 0.3) is 0 Å². The van der Waals surface area contributed by atoms with E-state index in [1.165, 1.54) is 0 Å².